The number of carbonyl (C=O) groups excluding carboxylic acids is 1. The van der Waals surface area contributed by atoms with Crippen LogP contribution in [-0.2, 0) is 4.79 Å². The second-order valence-electron chi connectivity index (χ2n) is 7.67. The van der Waals surface area contributed by atoms with Crippen LogP contribution in [0.3, 0.4) is 0 Å². The van der Waals surface area contributed by atoms with Gasteiger partial charge in [0.15, 0.2) is 0 Å². The summed E-state index contributed by atoms with van der Waals surface area (Å²) in [6.45, 7) is 7.34. The fraction of sp³-hybridized carbons (Fsp3) is 0.348. The van der Waals surface area contributed by atoms with E-state index in [1.165, 1.54) is 18.5 Å². The fourth-order valence-corrected chi connectivity index (χ4v) is 3.92. The third kappa shape index (κ3) is 3.14. The zero-order chi connectivity index (χ0) is 18.1. The largest absolute Gasteiger partial charge is 0.372 e. The topological polar surface area (TPSA) is 23.6 Å². The van der Waals surface area contributed by atoms with Crippen molar-refractivity contribution in [1.82, 2.24) is 0 Å². The number of para-hydroxylation sites is 1. The van der Waals surface area contributed by atoms with Gasteiger partial charge in [0.1, 0.15) is 0 Å². The summed E-state index contributed by atoms with van der Waals surface area (Å²) >= 11 is 0. The van der Waals surface area contributed by atoms with Crippen LogP contribution in [0.1, 0.15) is 37.8 Å². The summed E-state index contributed by atoms with van der Waals surface area (Å²) in [6, 6.07) is 16.7. The van der Waals surface area contributed by atoms with Crippen LogP contribution >= 0.6 is 0 Å². The Morgan fingerprint density at radius 2 is 1.69 bits per heavy atom. The highest BCUT2D eigenvalue weighted by Gasteiger charge is 2.32. The lowest BCUT2D eigenvalue weighted by Crippen LogP contribution is -2.30. The highest BCUT2D eigenvalue weighted by Crippen LogP contribution is 2.38. The molecule has 0 aromatic heterocycles. The lowest BCUT2D eigenvalue weighted by atomic mass is 10.0. The second-order valence-corrected chi connectivity index (χ2v) is 7.67. The van der Waals surface area contributed by atoms with Crippen molar-refractivity contribution in [2.75, 3.05) is 29.4 Å². The molecule has 0 spiro atoms. The van der Waals surface area contributed by atoms with Gasteiger partial charge in [-0.1, -0.05) is 44.2 Å². The highest BCUT2D eigenvalue weighted by molar-refractivity contribution is 6.35. The van der Waals surface area contributed by atoms with E-state index in [4.69, 9.17) is 0 Å². The molecule has 0 saturated carbocycles. The predicted molar refractivity (Wildman–Crippen MR) is 109 cm³/mol. The Labute approximate surface area is 155 Å². The Balaban J connectivity index is 1.65. The third-order valence-electron chi connectivity index (χ3n) is 5.18. The molecule has 134 valence electrons. The molecule has 3 heteroatoms. The molecule has 4 rings (SSSR count). The summed E-state index contributed by atoms with van der Waals surface area (Å²) in [6.07, 6.45) is 4.60. The molecule has 0 bridgehead atoms. The molecule has 2 aliphatic heterocycles. The molecule has 26 heavy (non-hydrogen) atoms. The summed E-state index contributed by atoms with van der Waals surface area (Å²) in [4.78, 5) is 17.4. The predicted octanol–water partition coefficient (Wildman–Crippen LogP) is 4.83. The summed E-state index contributed by atoms with van der Waals surface area (Å²) in [5.74, 6) is 0.551. The number of benzene rings is 2. The van der Waals surface area contributed by atoms with Crippen molar-refractivity contribution in [3.8, 4) is 0 Å². The van der Waals surface area contributed by atoms with Crippen molar-refractivity contribution < 1.29 is 4.79 Å². The summed E-state index contributed by atoms with van der Waals surface area (Å²) in [7, 11) is 0. The molecule has 0 atom stereocenters. The van der Waals surface area contributed by atoms with Crippen LogP contribution in [0.15, 0.2) is 48.5 Å². The summed E-state index contributed by atoms with van der Waals surface area (Å²) in [5, 5.41) is 0. The first-order valence-electron chi connectivity index (χ1n) is 9.61. The normalized spacial score (nSPS) is 18.3. The summed E-state index contributed by atoms with van der Waals surface area (Å²) in [5.41, 5.74) is 5.24. The Bertz CT molecular complexity index is 830. The molecule has 1 amide bonds. The molecule has 0 N–H and O–H groups in total. The van der Waals surface area contributed by atoms with E-state index in [1.807, 2.05) is 29.2 Å². The number of anilines is 2. The van der Waals surface area contributed by atoms with Crippen LogP contribution in [0.4, 0.5) is 11.4 Å². The molecule has 3 nitrogen and oxygen atoms in total. The Kier molecular flexibility index (Phi) is 4.54. The SMILES string of the molecule is CC(C)CN1C(=O)/C(=C\c2ccc(N3CCCC3)cc2)c2ccccc21. The number of nitrogens with zero attached hydrogens (tertiary/aromatic N) is 2. The minimum atomic E-state index is 0.114. The fourth-order valence-electron chi connectivity index (χ4n) is 3.92. The number of carbonyl (C=O) groups is 1. The lowest BCUT2D eigenvalue weighted by Gasteiger charge is -2.19. The quantitative estimate of drug-likeness (QED) is 0.740. The van der Waals surface area contributed by atoms with Gasteiger partial charge in [-0.3, -0.25) is 4.79 Å². The van der Waals surface area contributed by atoms with Crippen molar-refractivity contribution >= 4 is 28.9 Å². The Hall–Kier alpha value is -2.55. The zero-order valence-corrected chi connectivity index (χ0v) is 15.6. The first-order chi connectivity index (χ1) is 12.6. The number of amides is 1. The molecule has 2 aliphatic rings. The highest BCUT2D eigenvalue weighted by atomic mass is 16.2. The third-order valence-corrected chi connectivity index (χ3v) is 5.18. The Morgan fingerprint density at radius 3 is 2.38 bits per heavy atom. The number of hydrogen-bond donors (Lipinski definition) is 0. The molecule has 0 unspecified atom stereocenters. The number of rotatable bonds is 4. The molecule has 0 radical (unpaired) electrons. The van der Waals surface area contributed by atoms with Crippen molar-refractivity contribution in [3.63, 3.8) is 0 Å². The van der Waals surface area contributed by atoms with Crippen LogP contribution in [0.2, 0.25) is 0 Å². The minimum Gasteiger partial charge on any atom is -0.372 e. The smallest absolute Gasteiger partial charge is 0.259 e. The molecule has 1 fully saturated rings. The van der Waals surface area contributed by atoms with E-state index in [-0.39, 0.29) is 5.91 Å². The molecular formula is C23H26N2O. The molecule has 1 saturated heterocycles. The van der Waals surface area contributed by atoms with E-state index in [1.54, 1.807) is 0 Å². The molecule has 2 aromatic rings. The van der Waals surface area contributed by atoms with Gasteiger partial charge in [-0.25, -0.2) is 0 Å². The minimum absolute atomic E-state index is 0.114. The van der Waals surface area contributed by atoms with Gasteiger partial charge in [-0.15, -0.1) is 0 Å². The van der Waals surface area contributed by atoms with Gasteiger partial charge in [0.25, 0.3) is 5.91 Å². The monoisotopic (exact) mass is 346 g/mol. The average Bonchev–Trinajstić information content (AvgIpc) is 3.26. The number of fused-ring (bicyclic) bond motifs is 1. The van der Waals surface area contributed by atoms with E-state index in [2.05, 4.69) is 49.1 Å². The van der Waals surface area contributed by atoms with Gasteiger partial charge in [-0.05, 0) is 48.6 Å². The van der Waals surface area contributed by atoms with Gasteiger partial charge in [0, 0.05) is 36.5 Å². The molecular weight excluding hydrogens is 320 g/mol. The van der Waals surface area contributed by atoms with Crippen LogP contribution < -0.4 is 9.80 Å². The van der Waals surface area contributed by atoms with Crippen LogP contribution in [0.25, 0.3) is 11.6 Å². The first kappa shape index (κ1) is 16.9. The van der Waals surface area contributed by atoms with E-state index in [0.29, 0.717) is 5.92 Å². The summed E-state index contributed by atoms with van der Waals surface area (Å²) < 4.78 is 0. The maximum Gasteiger partial charge on any atom is 0.259 e. The van der Waals surface area contributed by atoms with Crippen molar-refractivity contribution in [1.29, 1.82) is 0 Å². The van der Waals surface area contributed by atoms with Crippen molar-refractivity contribution in [2.24, 2.45) is 5.92 Å². The van der Waals surface area contributed by atoms with E-state index < -0.39 is 0 Å². The van der Waals surface area contributed by atoms with E-state index in [9.17, 15) is 4.79 Å². The van der Waals surface area contributed by atoms with Gasteiger partial charge in [0.2, 0.25) is 0 Å². The Morgan fingerprint density at radius 1 is 1.00 bits per heavy atom. The van der Waals surface area contributed by atoms with Crippen LogP contribution in [0.5, 0.6) is 0 Å². The van der Waals surface area contributed by atoms with E-state index in [0.717, 1.165) is 42.0 Å². The molecule has 2 heterocycles. The second kappa shape index (κ2) is 6.99. The maximum absolute atomic E-state index is 13.0. The van der Waals surface area contributed by atoms with Crippen molar-refractivity contribution in [3.05, 3.63) is 59.7 Å². The van der Waals surface area contributed by atoms with E-state index >= 15 is 0 Å². The van der Waals surface area contributed by atoms with Crippen molar-refractivity contribution in [2.45, 2.75) is 26.7 Å². The standard InChI is InChI=1S/C23H26N2O/c1-17(2)16-25-22-8-4-3-7-20(22)21(23(25)26)15-18-9-11-19(12-10-18)24-13-5-6-14-24/h3-4,7-12,15,17H,5-6,13-14,16H2,1-2H3/b21-15-. The van der Waals surface area contributed by atoms with Crippen LogP contribution in [0, 0.1) is 5.92 Å². The van der Waals surface area contributed by atoms with Gasteiger partial charge < -0.3 is 9.80 Å². The van der Waals surface area contributed by atoms with Crippen LogP contribution in [-0.4, -0.2) is 25.5 Å². The lowest BCUT2D eigenvalue weighted by molar-refractivity contribution is -0.113. The molecule has 2 aromatic carbocycles. The zero-order valence-electron chi connectivity index (χ0n) is 15.6. The maximum atomic E-state index is 13.0. The van der Waals surface area contributed by atoms with Gasteiger partial charge >= 0.3 is 0 Å². The first-order valence-corrected chi connectivity index (χ1v) is 9.61. The van der Waals surface area contributed by atoms with Gasteiger partial charge in [0.05, 0.1) is 5.69 Å². The van der Waals surface area contributed by atoms with Gasteiger partial charge in [-0.2, -0.15) is 0 Å². The molecule has 0 aliphatic carbocycles. The number of hydrogen-bond acceptors (Lipinski definition) is 2. The average molecular weight is 346 g/mol.